The van der Waals surface area contributed by atoms with Gasteiger partial charge in [0.2, 0.25) is 0 Å². The first-order chi connectivity index (χ1) is 15.9. The van der Waals surface area contributed by atoms with Gasteiger partial charge < -0.3 is 15.0 Å². The molecule has 0 aliphatic heterocycles. The first kappa shape index (κ1) is 20.7. The number of hydrogen-bond donors (Lipinski definition) is 5. The Labute approximate surface area is 190 Å². The quantitative estimate of drug-likeness (QED) is 0.252. The molecule has 0 saturated heterocycles. The van der Waals surface area contributed by atoms with Gasteiger partial charge >= 0.3 is 5.69 Å². The van der Waals surface area contributed by atoms with Gasteiger partial charge in [-0.25, -0.2) is 18.2 Å². The van der Waals surface area contributed by atoms with Crippen molar-refractivity contribution in [3.05, 3.63) is 82.2 Å². The number of benzene rings is 2. The van der Waals surface area contributed by atoms with Crippen LogP contribution >= 0.6 is 11.3 Å². The molecule has 0 bridgehead atoms. The molecule has 0 radical (unpaired) electrons. The number of nitrogens with zero attached hydrogens (tertiary/aromatic N) is 1. The number of fused-ring (bicyclic) bond motifs is 1. The summed E-state index contributed by atoms with van der Waals surface area (Å²) in [6, 6.07) is 14.2. The highest BCUT2D eigenvalue weighted by atomic mass is 32.2. The zero-order valence-electron chi connectivity index (χ0n) is 16.7. The Balaban J connectivity index is 1.40. The molecular formula is C21H16N6O4S2. The number of anilines is 2. The van der Waals surface area contributed by atoms with Crippen molar-refractivity contribution in [1.29, 1.82) is 0 Å². The van der Waals surface area contributed by atoms with Gasteiger partial charge in [0.25, 0.3) is 15.9 Å². The smallest absolute Gasteiger partial charge is 0.323 e. The summed E-state index contributed by atoms with van der Waals surface area (Å²) in [5.74, 6) is -0.508. The van der Waals surface area contributed by atoms with Gasteiger partial charge in [0, 0.05) is 11.6 Å². The largest absolute Gasteiger partial charge is 0.360 e. The minimum Gasteiger partial charge on any atom is -0.360 e. The molecule has 166 valence electrons. The van der Waals surface area contributed by atoms with Crippen molar-refractivity contribution in [3.8, 4) is 11.4 Å². The fraction of sp³-hybridized carbons (Fsp3) is 0. The number of H-pyrrole nitrogens is 3. The molecule has 0 aliphatic carbocycles. The van der Waals surface area contributed by atoms with E-state index < -0.39 is 21.6 Å². The number of rotatable bonds is 6. The number of aromatic amines is 3. The summed E-state index contributed by atoms with van der Waals surface area (Å²) >= 11 is 1.26. The number of nitrogens with one attached hydrogen (secondary N) is 5. The zero-order chi connectivity index (χ0) is 23.0. The second-order valence-corrected chi connectivity index (χ2v) is 9.55. The Morgan fingerprint density at radius 3 is 2.64 bits per heavy atom. The van der Waals surface area contributed by atoms with E-state index in [0.717, 1.165) is 5.69 Å². The number of sulfonamides is 1. The van der Waals surface area contributed by atoms with E-state index in [0.29, 0.717) is 21.9 Å². The summed E-state index contributed by atoms with van der Waals surface area (Å²) in [5.41, 5.74) is 2.16. The summed E-state index contributed by atoms with van der Waals surface area (Å²) in [5, 5.41) is 4.89. The average molecular weight is 481 g/mol. The Bertz CT molecular complexity index is 1630. The van der Waals surface area contributed by atoms with Gasteiger partial charge in [-0.3, -0.25) is 14.8 Å². The third-order valence-corrected chi connectivity index (χ3v) is 6.93. The Hall–Kier alpha value is -4.16. The van der Waals surface area contributed by atoms with Gasteiger partial charge in [0.05, 0.1) is 38.6 Å². The highest BCUT2D eigenvalue weighted by molar-refractivity contribution is 7.92. The molecule has 5 rings (SSSR count). The zero-order valence-corrected chi connectivity index (χ0v) is 18.4. The molecule has 10 nitrogen and oxygen atoms in total. The minimum absolute atomic E-state index is 0.0593. The van der Waals surface area contributed by atoms with E-state index in [2.05, 4.69) is 30.0 Å². The predicted octanol–water partition coefficient (Wildman–Crippen LogP) is 3.36. The van der Waals surface area contributed by atoms with Gasteiger partial charge in [-0.15, -0.1) is 11.3 Å². The van der Waals surface area contributed by atoms with E-state index in [1.54, 1.807) is 23.7 Å². The van der Waals surface area contributed by atoms with Crippen LogP contribution in [0.1, 0.15) is 10.4 Å². The molecule has 2 aromatic carbocycles. The molecule has 0 aliphatic rings. The Morgan fingerprint density at radius 1 is 1.00 bits per heavy atom. The lowest BCUT2D eigenvalue weighted by Gasteiger charge is -2.12. The normalized spacial score (nSPS) is 11.5. The van der Waals surface area contributed by atoms with Crippen LogP contribution in [-0.4, -0.2) is 34.3 Å². The Morgan fingerprint density at radius 2 is 1.82 bits per heavy atom. The Kier molecular flexibility index (Phi) is 5.07. The van der Waals surface area contributed by atoms with Crippen LogP contribution in [0.15, 0.2) is 75.9 Å². The van der Waals surface area contributed by atoms with Crippen molar-refractivity contribution in [2.45, 2.75) is 4.90 Å². The summed E-state index contributed by atoms with van der Waals surface area (Å²) in [4.78, 5) is 36.8. The van der Waals surface area contributed by atoms with Crippen molar-refractivity contribution in [3.63, 3.8) is 0 Å². The van der Waals surface area contributed by atoms with Gasteiger partial charge in [0.1, 0.15) is 0 Å². The van der Waals surface area contributed by atoms with E-state index in [-0.39, 0.29) is 16.1 Å². The molecule has 12 heteroatoms. The number of aromatic nitrogens is 4. The maximum absolute atomic E-state index is 13.0. The molecule has 1 amide bonds. The number of imidazole rings is 1. The van der Waals surface area contributed by atoms with Crippen LogP contribution in [0.3, 0.4) is 0 Å². The van der Waals surface area contributed by atoms with Crippen molar-refractivity contribution in [2.24, 2.45) is 0 Å². The first-order valence-electron chi connectivity index (χ1n) is 9.63. The number of carbonyl (C=O) groups is 1. The highest BCUT2D eigenvalue weighted by Gasteiger charge is 2.20. The van der Waals surface area contributed by atoms with Crippen LogP contribution in [0.2, 0.25) is 0 Å². The second kappa shape index (κ2) is 8.07. The van der Waals surface area contributed by atoms with Gasteiger partial charge in [-0.05, 0) is 42.5 Å². The van der Waals surface area contributed by atoms with Crippen molar-refractivity contribution >= 4 is 49.1 Å². The van der Waals surface area contributed by atoms with Crippen LogP contribution in [0.4, 0.5) is 10.8 Å². The maximum atomic E-state index is 13.0. The number of carbonyl (C=O) groups excluding carboxylic acids is 1. The number of thiazole rings is 1. The van der Waals surface area contributed by atoms with E-state index in [1.807, 2.05) is 12.1 Å². The second-order valence-electron chi connectivity index (χ2n) is 7.01. The molecule has 0 spiro atoms. The molecule has 3 heterocycles. The monoisotopic (exact) mass is 480 g/mol. The summed E-state index contributed by atoms with van der Waals surface area (Å²) < 4.78 is 28.4. The van der Waals surface area contributed by atoms with Crippen LogP contribution in [0, 0.1) is 0 Å². The topological polar surface area (TPSA) is 153 Å². The average Bonchev–Trinajstić information content (AvgIpc) is 3.53. The van der Waals surface area contributed by atoms with E-state index in [4.69, 9.17) is 0 Å². The van der Waals surface area contributed by atoms with E-state index in [9.17, 15) is 18.0 Å². The maximum Gasteiger partial charge on any atom is 0.323 e. The highest BCUT2D eigenvalue weighted by Crippen LogP contribution is 2.26. The number of amides is 1. The SMILES string of the molecule is O=C(Nc1nc(-c2ccc[nH]2)cs1)c1ccccc1NS(=O)(=O)c1ccc2[nH]c(=O)[nH]c2c1. The van der Waals surface area contributed by atoms with Gasteiger partial charge in [0.15, 0.2) is 5.13 Å². The first-order valence-corrected chi connectivity index (χ1v) is 12.0. The minimum atomic E-state index is -4.03. The lowest BCUT2D eigenvalue weighted by Crippen LogP contribution is -2.18. The van der Waals surface area contributed by atoms with E-state index in [1.165, 1.54) is 41.7 Å². The molecule has 0 saturated carbocycles. The lowest BCUT2D eigenvalue weighted by molar-refractivity contribution is 0.102. The molecule has 5 N–H and O–H groups in total. The molecule has 0 fully saturated rings. The fourth-order valence-electron chi connectivity index (χ4n) is 3.26. The summed E-state index contributed by atoms with van der Waals surface area (Å²) in [6.07, 6.45) is 1.78. The molecular weight excluding hydrogens is 464 g/mol. The van der Waals surface area contributed by atoms with E-state index >= 15 is 0 Å². The molecule has 0 unspecified atom stereocenters. The predicted molar refractivity (Wildman–Crippen MR) is 126 cm³/mol. The van der Waals surface area contributed by atoms with Crippen molar-refractivity contribution in [1.82, 2.24) is 19.9 Å². The molecule has 5 aromatic rings. The van der Waals surface area contributed by atoms with Gasteiger partial charge in [-0.2, -0.15) is 0 Å². The fourth-order valence-corrected chi connectivity index (χ4v) is 5.07. The van der Waals surface area contributed by atoms with Crippen molar-refractivity contribution in [2.75, 3.05) is 10.0 Å². The third-order valence-electron chi connectivity index (χ3n) is 4.81. The number of hydrogen-bond acceptors (Lipinski definition) is 6. The van der Waals surface area contributed by atoms with Crippen molar-refractivity contribution < 1.29 is 13.2 Å². The van der Waals surface area contributed by atoms with Gasteiger partial charge in [-0.1, -0.05) is 12.1 Å². The number of para-hydroxylation sites is 1. The van der Waals surface area contributed by atoms with Crippen LogP contribution < -0.4 is 15.7 Å². The summed E-state index contributed by atoms with van der Waals surface area (Å²) in [7, 11) is -4.03. The molecule has 33 heavy (non-hydrogen) atoms. The summed E-state index contributed by atoms with van der Waals surface area (Å²) in [6.45, 7) is 0. The molecule has 3 aromatic heterocycles. The molecule has 0 atom stereocenters. The standard InChI is InChI=1S/C21H16N6O4S2/c28-19(26-21-25-18(11-32-21)15-6-3-9-22-15)13-4-1-2-5-14(13)27-33(30,31)12-7-8-16-17(10-12)24-20(29)23-16/h1-11,22,27H,(H2,23,24,29)(H,25,26,28). The van der Waals surface area contributed by atoms with Crippen LogP contribution in [0.5, 0.6) is 0 Å². The third kappa shape index (κ3) is 4.16. The lowest BCUT2D eigenvalue weighted by atomic mass is 10.2. The van der Waals surface area contributed by atoms with Crippen LogP contribution in [-0.2, 0) is 10.0 Å². The van der Waals surface area contributed by atoms with Crippen LogP contribution in [0.25, 0.3) is 22.4 Å².